The zero-order valence-electron chi connectivity index (χ0n) is 13.0. The molecule has 0 unspecified atom stereocenters. The molecule has 0 spiro atoms. The molecule has 2 rings (SSSR count). The van der Waals surface area contributed by atoms with E-state index < -0.39 is 5.60 Å². The molecule has 20 heavy (non-hydrogen) atoms. The lowest BCUT2D eigenvalue weighted by molar-refractivity contribution is -0.151. The minimum atomic E-state index is -0.568. The van der Waals surface area contributed by atoms with Gasteiger partial charge in [0.05, 0.1) is 17.1 Å². The van der Waals surface area contributed by atoms with Crippen LogP contribution in [0.25, 0.3) is 0 Å². The Morgan fingerprint density at radius 2 is 2.00 bits per heavy atom. The van der Waals surface area contributed by atoms with Crippen molar-refractivity contribution in [1.29, 1.82) is 0 Å². The number of nitrogens with zero attached hydrogens (tertiary/aromatic N) is 1. The number of aromatic nitrogens is 1. The lowest BCUT2D eigenvalue weighted by Gasteiger charge is -2.42. The highest BCUT2D eigenvalue weighted by Crippen LogP contribution is 2.42. The monoisotopic (exact) mass is 295 g/mol. The van der Waals surface area contributed by atoms with Gasteiger partial charge in [0.25, 0.3) is 0 Å². The average molecular weight is 295 g/mol. The number of carbonyl (C=O) groups is 1. The van der Waals surface area contributed by atoms with Crippen LogP contribution in [0, 0.1) is 12.3 Å². The van der Waals surface area contributed by atoms with Gasteiger partial charge in [0, 0.05) is 12.0 Å². The molecule has 0 aromatic carbocycles. The molecule has 1 aliphatic rings. The summed E-state index contributed by atoms with van der Waals surface area (Å²) in [6.45, 7) is 9.10. The maximum Gasteiger partial charge on any atom is 0.170 e. The molecule has 0 bridgehead atoms. The topological polar surface area (TPSA) is 39.2 Å². The van der Waals surface area contributed by atoms with Crippen LogP contribution in [0.4, 0.5) is 0 Å². The van der Waals surface area contributed by atoms with Crippen molar-refractivity contribution >= 4 is 17.1 Å². The number of hydrogen-bond donors (Lipinski definition) is 0. The summed E-state index contributed by atoms with van der Waals surface area (Å²) in [7, 11) is 0. The van der Waals surface area contributed by atoms with Crippen molar-refractivity contribution in [3.8, 4) is 0 Å². The first-order valence-corrected chi connectivity index (χ1v) is 8.33. The van der Waals surface area contributed by atoms with Crippen LogP contribution in [0.5, 0.6) is 0 Å². The van der Waals surface area contributed by atoms with Crippen molar-refractivity contribution in [2.45, 2.75) is 65.4 Å². The van der Waals surface area contributed by atoms with Gasteiger partial charge in [-0.1, -0.05) is 13.8 Å². The van der Waals surface area contributed by atoms with Gasteiger partial charge < -0.3 is 4.74 Å². The number of thiazole rings is 1. The van der Waals surface area contributed by atoms with Crippen LogP contribution in [0.3, 0.4) is 0 Å². The molecule has 1 aromatic rings. The molecule has 0 saturated heterocycles. The third-order valence-electron chi connectivity index (χ3n) is 4.35. The van der Waals surface area contributed by atoms with E-state index in [1.54, 1.807) is 11.3 Å². The summed E-state index contributed by atoms with van der Waals surface area (Å²) in [5, 5.41) is 3.00. The summed E-state index contributed by atoms with van der Waals surface area (Å²) in [6, 6.07) is 0. The highest BCUT2D eigenvalue weighted by atomic mass is 32.1. The molecular formula is C16H25NO2S. The standard InChI is InChI=1S/C16H25NO2S/c1-5-19-16(8-6-15(3,4)7-9-16)14(18)10-13-11-20-12(2)17-13/h11H,5-10H2,1-4H3. The van der Waals surface area contributed by atoms with Gasteiger partial charge in [-0.3, -0.25) is 4.79 Å². The SMILES string of the molecule is CCOC1(C(=O)Cc2csc(C)n2)CCC(C)(C)CC1. The van der Waals surface area contributed by atoms with E-state index >= 15 is 0 Å². The molecule has 1 heterocycles. The van der Waals surface area contributed by atoms with Crippen LogP contribution in [-0.4, -0.2) is 23.0 Å². The van der Waals surface area contributed by atoms with Crippen molar-refractivity contribution < 1.29 is 9.53 Å². The molecule has 112 valence electrons. The summed E-state index contributed by atoms with van der Waals surface area (Å²) in [4.78, 5) is 17.1. The number of ether oxygens (including phenoxy) is 1. The predicted molar refractivity (Wildman–Crippen MR) is 82.2 cm³/mol. The minimum Gasteiger partial charge on any atom is -0.367 e. The van der Waals surface area contributed by atoms with E-state index in [1.807, 2.05) is 19.2 Å². The summed E-state index contributed by atoms with van der Waals surface area (Å²) in [5.74, 6) is 0.208. The van der Waals surface area contributed by atoms with Gasteiger partial charge in [-0.2, -0.15) is 0 Å². The van der Waals surface area contributed by atoms with Gasteiger partial charge in [0.15, 0.2) is 5.78 Å². The highest BCUT2D eigenvalue weighted by Gasteiger charge is 2.44. The van der Waals surface area contributed by atoms with E-state index in [4.69, 9.17) is 4.74 Å². The number of carbonyl (C=O) groups excluding carboxylic acids is 1. The minimum absolute atomic E-state index is 0.208. The first-order chi connectivity index (χ1) is 9.37. The van der Waals surface area contributed by atoms with Gasteiger partial charge in [0.2, 0.25) is 0 Å². The lowest BCUT2D eigenvalue weighted by Crippen LogP contribution is -2.47. The van der Waals surface area contributed by atoms with Crippen LogP contribution in [0.15, 0.2) is 5.38 Å². The predicted octanol–water partition coefficient (Wildman–Crippen LogP) is 3.94. The molecule has 4 heteroatoms. The van der Waals surface area contributed by atoms with E-state index in [9.17, 15) is 4.79 Å². The smallest absolute Gasteiger partial charge is 0.170 e. The quantitative estimate of drug-likeness (QED) is 0.826. The Balaban J connectivity index is 2.10. The fraction of sp³-hybridized carbons (Fsp3) is 0.750. The van der Waals surface area contributed by atoms with Crippen molar-refractivity contribution in [2.75, 3.05) is 6.61 Å². The van der Waals surface area contributed by atoms with Crippen LogP contribution in [0.1, 0.15) is 57.2 Å². The highest BCUT2D eigenvalue weighted by molar-refractivity contribution is 7.09. The average Bonchev–Trinajstić information content (AvgIpc) is 2.78. The summed E-state index contributed by atoms with van der Waals surface area (Å²) in [5.41, 5.74) is 0.654. The normalized spacial score (nSPS) is 20.8. The maximum atomic E-state index is 12.7. The van der Waals surface area contributed by atoms with Crippen molar-refractivity contribution in [1.82, 2.24) is 4.98 Å². The Kier molecular flexibility index (Phi) is 4.65. The van der Waals surface area contributed by atoms with E-state index in [0.717, 1.165) is 36.4 Å². The first kappa shape index (κ1) is 15.6. The number of hydrogen-bond acceptors (Lipinski definition) is 4. The third kappa shape index (κ3) is 3.47. The fourth-order valence-corrected chi connectivity index (χ4v) is 3.54. The van der Waals surface area contributed by atoms with Crippen LogP contribution >= 0.6 is 11.3 Å². The third-order valence-corrected chi connectivity index (χ3v) is 5.17. The first-order valence-electron chi connectivity index (χ1n) is 7.45. The number of ketones is 1. The Morgan fingerprint density at radius 3 is 2.50 bits per heavy atom. The lowest BCUT2D eigenvalue weighted by atomic mass is 9.69. The molecule has 1 aromatic heterocycles. The van der Waals surface area contributed by atoms with Crippen molar-refractivity contribution in [3.05, 3.63) is 16.1 Å². The van der Waals surface area contributed by atoms with Gasteiger partial charge >= 0.3 is 0 Å². The molecule has 1 fully saturated rings. The summed E-state index contributed by atoms with van der Waals surface area (Å²) < 4.78 is 5.93. The van der Waals surface area contributed by atoms with Crippen molar-refractivity contribution in [3.63, 3.8) is 0 Å². The molecule has 0 N–H and O–H groups in total. The van der Waals surface area contributed by atoms with E-state index in [0.29, 0.717) is 18.4 Å². The largest absolute Gasteiger partial charge is 0.367 e. The zero-order chi connectivity index (χ0) is 14.8. The molecule has 1 aliphatic carbocycles. The molecule has 0 aliphatic heterocycles. The van der Waals surface area contributed by atoms with E-state index in [2.05, 4.69) is 18.8 Å². The van der Waals surface area contributed by atoms with Crippen LogP contribution < -0.4 is 0 Å². The zero-order valence-corrected chi connectivity index (χ0v) is 13.8. The van der Waals surface area contributed by atoms with Crippen LogP contribution in [-0.2, 0) is 16.0 Å². The van der Waals surface area contributed by atoms with Gasteiger partial charge in [-0.05, 0) is 44.9 Å². The van der Waals surface area contributed by atoms with Crippen LogP contribution in [0.2, 0.25) is 0 Å². The molecule has 3 nitrogen and oxygen atoms in total. The molecule has 0 amide bonds. The van der Waals surface area contributed by atoms with Gasteiger partial charge in [-0.15, -0.1) is 11.3 Å². The molecule has 1 saturated carbocycles. The number of Topliss-reactive ketones (excluding diaryl/α,β-unsaturated/α-hetero) is 1. The fourth-order valence-electron chi connectivity index (χ4n) is 2.93. The van der Waals surface area contributed by atoms with Gasteiger partial charge in [0.1, 0.15) is 5.60 Å². The Bertz CT molecular complexity index is 469. The maximum absolute atomic E-state index is 12.7. The van der Waals surface area contributed by atoms with E-state index in [1.165, 1.54) is 0 Å². The summed E-state index contributed by atoms with van der Waals surface area (Å²) in [6.07, 6.45) is 4.19. The Labute approximate surface area is 125 Å². The number of rotatable bonds is 5. The second-order valence-electron chi connectivity index (χ2n) is 6.55. The molecule has 0 atom stereocenters. The van der Waals surface area contributed by atoms with E-state index in [-0.39, 0.29) is 5.78 Å². The Morgan fingerprint density at radius 1 is 1.35 bits per heavy atom. The molecule has 0 radical (unpaired) electrons. The van der Waals surface area contributed by atoms with Gasteiger partial charge in [-0.25, -0.2) is 4.98 Å². The second kappa shape index (κ2) is 5.94. The molecular weight excluding hydrogens is 270 g/mol. The summed E-state index contributed by atoms with van der Waals surface area (Å²) >= 11 is 1.60. The second-order valence-corrected chi connectivity index (χ2v) is 7.61. The van der Waals surface area contributed by atoms with Crippen molar-refractivity contribution in [2.24, 2.45) is 5.41 Å². The number of aryl methyl sites for hydroxylation is 1. The Hall–Kier alpha value is -0.740.